The van der Waals surface area contributed by atoms with Crippen LogP contribution in [0.3, 0.4) is 0 Å². The Morgan fingerprint density at radius 1 is 1.31 bits per heavy atom. The van der Waals surface area contributed by atoms with Crippen LogP contribution in [0.25, 0.3) is 0 Å². The van der Waals surface area contributed by atoms with Crippen molar-refractivity contribution in [3.05, 3.63) is 33.9 Å². The second-order valence-electron chi connectivity index (χ2n) is 5.78. The van der Waals surface area contributed by atoms with E-state index < -0.39 is 23.4 Å². The molecule has 0 spiro atoms. The third kappa shape index (κ3) is 4.47. The van der Waals surface area contributed by atoms with Gasteiger partial charge in [-0.1, -0.05) is 0 Å². The maximum absolute atomic E-state index is 12.1. The minimum atomic E-state index is -0.913. The zero-order valence-corrected chi connectivity index (χ0v) is 14.2. The van der Waals surface area contributed by atoms with E-state index in [0.717, 1.165) is 6.07 Å². The number of methoxy groups -OCH3 is 1. The standard InChI is InChI=1S/C16H19N3O7/c1-25-15(21)10-4-6-18(7-5-10)14(20)9-26-16(22)12-8-11(19(23)24)2-3-13(12)17/h2-3,8,10H,4-7,9,17H2,1H3. The number of rotatable bonds is 5. The molecule has 0 radical (unpaired) electrons. The van der Waals surface area contributed by atoms with Gasteiger partial charge in [0, 0.05) is 30.9 Å². The van der Waals surface area contributed by atoms with Gasteiger partial charge < -0.3 is 20.1 Å². The van der Waals surface area contributed by atoms with E-state index in [0.29, 0.717) is 25.9 Å². The van der Waals surface area contributed by atoms with Crippen LogP contribution in [0.2, 0.25) is 0 Å². The summed E-state index contributed by atoms with van der Waals surface area (Å²) in [7, 11) is 1.32. The van der Waals surface area contributed by atoms with Crippen molar-refractivity contribution in [1.82, 2.24) is 4.90 Å². The van der Waals surface area contributed by atoms with E-state index in [-0.39, 0.29) is 28.8 Å². The quantitative estimate of drug-likeness (QED) is 0.348. The van der Waals surface area contributed by atoms with Crippen molar-refractivity contribution in [2.75, 3.05) is 32.5 Å². The molecular formula is C16H19N3O7. The molecule has 0 aromatic heterocycles. The first-order chi connectivity index (χ1) is 12.3. The second-order valence-corrected chi connectivity index (χ2v) is 5.78. The van der Waals surface area contributed by atoms with Crippen molar-refractivity contribution in [1.29, 1.82) is 0 Å². The van der Waals surface area contributed by atoms with Gasteiger partial charge in [0.05, 0.1) is 23.5 Å². The van der Waals surface area contributed by atoms with E-state index >= 15 is 0 Å². The number of hydrogen-bond acceptors (Lipinski definition) is 8. The number of non-ortho nitro benzene ring substituents is 1. The van der Waals surface area contributed by atoms with Crippen molar-refractivity contribution in [2.45, 2.75) is 12.8 Å². The van der Waals surface area contributed by atoms with Crippen molar-refractivity contribution in [3.63, 3.8) is 0 Å². The molecule has 140 valence electrons. The van der Waals surface area contributed by atoms with Gasteiger partial charge in [-0.3, -0.25) is 19.7 Å². The molecule has 10 heteroatoms. The minimum Gasteiger partial charge on any atom is -0.469 e. The predicted octanol–water partition coefficient (Wildman–Crippen LogP) is 0.745. The fourth-order valence-electron chi connectivity index (χ4n) is 2.66. The summed E-state index contributed by atoms with van der Waals surface area (Å²) in [5, 5.41) is 10.8. The first-order valence-electron chi connectivity index (χ1n) is 7.90. The first kappa shape index (κ1) is 19.2. The molecule has 1 aliphatic heterocycles. The van der Waals surface area contributed by atoms with Crippen LogP contribution in [-0.2, 0) is 19.1 Å². The molecular weight excluding hydrogens is 346 g/mol. The van der Waals surface area contributed by atoms with Crippen LogP contribution in [0.15, 0.2) is 18.2 Å². The molecule has 0 bridgehead atoms. The zero-order chi connectivity index (χ0) is 19.3. The van der Waals surface area contributed by atoms with Gasteiger partial charge in [0.25, 0.3) is 11.6 Å². The lowest BCUT2D eigenvalue weighted by atomic mass is 9.97. The lowest BCUT2D eigenvalue weighted by molar-refractivity contribution is -0.384. The highest BCUT2D eigenvalue weighted by Gasteiger charge is 2.28. The number of anilines is 1. The number of nitrogens with zero attached hydrogens (tertiary/aromatic N) is 2. The van der Waals surface area contributed by atoms with E-state index in [2.05, 4.69) is 4.74 Å². The Bertz CT molecular complexity index is 727. The molecule has 1 fully saturated rings. The Hall–Kier alpha value is -3.17. The average molecular weight is 365 g/mol. The summed E-state index contributed by atoms with van der Waals surface area (Å²) in [5.41, 5.74) is 5.18. The number of nitrogens with two attached hydrogens (primary N) is 1. The normalized spacial score (nSPS) is 14.6. The number of nitro benzene ring substituents is 1. The summed E-state index contributed by atoms with van der Waals surface area (Å²) in [6.07, 6.45) is 0.953. The van der Waals surface area contributed by atoms with Crippen molar-refractivity contribution >= 4 is 29.2 Å². The number of carbonyl (C=O) groups is 3. The van der Waals surface area contributed by atoms with Crippen molar-refractivity contribution in [2.24, 2.45) is 5.92 Å². The van der Waals surface area contributed by atoms with Crippen molar-refractivity contribution in [3.8, 4) is 0 Å². The maximum Gasteiger partial charge on any atom is 0.341 e. The van der Waals surface area contributed by atoms with Gasteiger partial charge in [0.2, 0.25) is 0 Å². The largest absolute Gasteiger partial charge is 0.469 e. The molecule has 26 heavy (non-hydrogen) atoms. The predicted molar refractivity (Wildman–Crippen MR) is 89.1 cm³/mol. The summed E-state index contributed by atoms with van der Waals surface area (Å²) >= 11 is 0. The number of ether oxygens (including phenoxy) is 2. The third-order valence-corrected chi connectivity index (χ3v) is 4.18. The fraction of sp³-hybridized carbons (Fsp3) is 0.438. The van der Waals surface area contributed by atoms with Crippen LogP contribution in [0, 0.1) is 16.0 Å². The molecule has 2 rings (SSSR count). The highest BCUT2D eigenvalue weighted by molar-refractivity contribution is 5.97. The number of piperidine rings is 1. The highest BCUT2D eigenvalue weighted by atomic mass is 16.6. The van der Waals surface area contributed by atoms with Gasteiger partial charge in [-0.05, 0) is 18.9 Å². The molecule has 10 nitrogen and oxygen atoms in total. The highest BCUT2D eigenvalue weighted by Crippen LogP contribution is 2.21. The van der Waals surface area contributed by atoms with Crippen LogP contribution in [0.1, 0.15) is 23.2 Å². The van der Waals surface area contributed by atoms with Gasteiger partial charge in [0.15, 0.2) is 6.61 Å². The van der Waals surface area contributed by atoms with E-state index in [9.17, 15) is 24.5 Å². The molecule has 2 N–H and O–H groups in total. The lowest BCUT2D eigenvalue weighted by Gasteiger charge is -2.30. The summed E-state index contributed by atoms with van der Waals surface area (Å²) in [5.74, 6) is -1.87. The van der Waals surface area contributed by atoms with Crippen LogP contribution < -0.4 is 5.73 Å². The minimum absolute atomic E-state index is 0.0203. The number of esters is 2. The topological polar surface area (TPSA) is 142 Å². The van der Waals surface area contributed by atoms with E-state index in [1.165, 1.54) is 24.1 Å². The number of amides is 1. The number of nitro groups is 1. The molecule has 0 saturated carbocycles. The Kier molecular flexibility index (Phi) is 6.10. The summed E-state index contributed by atoms with van der Waals surface area (Å²) in [6, 6.07) is 3.40. The van der Waals surface area contributed by atoms with Gasteiger partial charge in [-0.15, -0.1) is 0 Å². The van der Waals surface area contributed by atoms with Crippen LogP contribution in [0.4, 0.5) is 11.4 Å². The molecule has 0 unspecified atom stereocenters. The van der Waals surface area contributed by atoms with E-state index in [4.69, 9.17) is 10.5 Å². The second kappa shape index (κ2) is 8.28. The molecule has 1 saturated heterocycles. The SMILES string of the molecule is COC(=O)C1CCN(C(=O)COC(=O)c2cc([N+](=O)[O-])ccc2N)CC1. The number of benzene rings is 1. The Morgan fingerprint density at radius 2 is 1.96 bits per heavy atom. The lowest BCUT2D eigenvalue weighted by Crippen LogP contribution is -2.42. The van der Waals surface area contributed by atoms with Crippen LogP contribution in [-0.4, -0.2) is 54.5 Å². The number of hydrogen-bond donors (Lipinski definition) is 1. The average Bonchev–Trinajstić information content (AvgIpc) is 2.65. The summed E-state index contributed by atoms with van der Waals surface area (Å²) < 4.78 is 9.61. The van der Waals surface area contributed by atoms with Gasteiger partial charge >= 0.3 is 11.9 Å². The van der Waals surface area contributed by atoms with Crippen LogP contribution >= 0.6 is 0 Å². The Balaban J connectivity index is 1.90. The van der Waals surface area contributed by atoms with Crippen molar-refractivity contribution < 1.29 is 28.8 Å². The van der Waals surface area contributed by atoms with E-state index in [1.54, 1.807) is 0 Å². The Morgan fingerprint density at radius 3 is 2.54 bits per heavy atom. The number of carbonyl (C=O) groups excluding carboxylic acids is 3. The molecule has 1 aliphatic rings. The molecule has 1 heterocycles. The monoisotopic (exact) mass is 365 g/mol. The molecule has 1 aromatic rings. The zero-order valence-electron chi connectivity index (χ0n) is 14.2. The molecule has 1 amide bonds. The van der Waals surface area contributed by atoms with Crippen LogP contribution in [0.5, 0.6) is 0 Å². The maximum atomic E-state index is 12.1. The molecule has 1 aromatic carbocycles. The van der Waals surface area contributed by atoms with Gasteiger partial charge in [-0.25, -0.2) is 4.79 Å². The van der Waals surface area contributed by atoms with Gasteiger partial charge in [0.1, 0.15) is 0 Å². The van der Waals surface area contributed by atoms with Gasteiger partial charge in [-0.2, -0.15) is 0 Å². The summed E-state index contributed by atoms with van der Waals surface area (Å²) in [6.45, 7) is 0.202. The molecule has 0 atom stereocenters. The third-order valence-electron chi connectivity index (χ3n) is 4.18. The summed E-state index contributed by atoms with van der Waals surface area (Å²) in [4.78, 5) is 47.3. The number of nitrogen functional groups attached to an aromatic ring is 1. The molecule has 0 aliphatic carbocycles. The van der Waals surface area contributed by atoms with E-state index in [1.807, 2.05) is 0 Å². The Labute approximate surface area is 149 Å². The fourth-order valence-corrected chi connectivity index (χ4v) is 2.66. The first-order valence-corrected chi connectivity index (χ1v) is 7.90. The number of likely N-dealkylation sites (tertiary alicyclic amines) is 1. The smallest absolute Gasteiger partial charge is 0.341 e.